The van der Waals surface area contributed by atoms with Crippen molar-refractivity contribution in [3.05, 3.63) is 59.4 Å². The Bertz CT molecular complexity index is 1210. The maximum absolute atomic E-state index is 14.8. The van der Waals surface area contributed by atoms with E-state index in [0.717, 1.165) is 12.1 Å². The van der Waals surface area contributed by atoms with Crippen LogP contribution in [0.15, 0.2) is 36.4 Å². The molecule has 0 aromatic heterocycles. The molecule has 0 aliphatic heterocycles. The highest BCUT2D eigenvalue weighted by atomic mass is 19.2. The number of hydrogen-bond donors (Lipinski definition) is 5. The smallest absolute Gasteiger partial charge is 0.342 e. The second-order valence-electron chi connectivity index (χ2n) is 6.95. The molecule has 3 aromatic rings. The SMILES string of the molecule is CC(O)(c1c(F)c(F)c(F)c2cc3ccccc3cc12)C(O)(C(=O)O)C(O)C(=O)O. The minimum absolute atomic E-state index is 0.366. The molecule has 0 saturated heterocycles. The third-order valence-electron chi connectivity index (χ3n) is 5.18. The first-order valence-electron chi connectivity index (χ1n) is 8.44. The van der Waals surface area contributed by atoms with Gasteiger partial charge in [0.15, 0.2) is 23.6 Å². The Kier molecular flexibility index (Phi) is 4.97. The average Bonchev–Trinajstić information content (AvgIpc) is 2.69. The average molecular weight is 424 g/mol. The van der Waals surface area contributed by atoms with Gasteiger partial charge >= 0.3 is 11.9 Å². The fraction of sp³-hybridized carbons (Fsp3) is 0.200. The molecule has 30 heavy (non-hydrogen) atoms. The Morgan fingerprint density at radius 2 is 1.40 bits per heavy atom. The molecule has 0 amide bonds. The van der Waals surface area contributed by atoms with Crippen molar-refractivity contribution in [3.8, 4) is 0 Å². The van der Waals surface area contributed by atoms with E-state index in [1.165, 1.54) is 12.1 Å². The molecule has 3 rings (SSSR count). The summed E-state index contributed by atoms with van der Waals surface area (Å²) in [5, 5.41) is 49.2. The highest BCUT2D eigenvalue weighted by Gasteiger charge is 2.62. The molecule has 0 bridgehead atoms. The summed E-state index contributed by atoms with van der Waals surface area (Å²) in [7, 11) is 0. The monoisotopic (exact) mass is 424 g/mol. The largest absolute Gasteiger partial charge is 0.479 e. The lowest BCUT2D eigenvalue weighted by Crippen LogP contribution is -2.65. The summed E-state index contributed by atoms with van der Waals surface area (Å²) in [6.07, 6.45) is -3.15. The van der Waals surface area contributed by atoms with Gasteiger partial charge < -0.3 is 25.5 Å². The molecule has 0 saturated carbocycles. The van der Waals surface area contributed by atoms with E-state index in [2.05, 4.69) is 0 Å². The van der Waals surface area contributed by atoms with Crippen LogP contribution in [0.4, 0.5) is 13.2 Å². The predicted octanol–water partition coefficient (Wildman–Crippen LogP) is 1.88. The second-order valence-corrected chi connectivity index (χ2v) is 6.95. The molecule has 7 nitrogen and oxygen atoms in total. The van der Waals surface area contributed by atoms with Gasteiger partial charge in [-0.25, -0.2) is 22.8 Å². The van der Waals surface area contributed by atoms with Gasteiger partial charge in [-0.05, 0) is 35.2 Å². The Labute approximate surface area is 166 Å². The minimum Gasteiger partial charge on any atom is -0.479 e. The van der Waals surface area contributed by atoms with Gasteiger partial charge in [0.25, 0.3) is 0 Å². The topological polar surface area (TPSA) is 135 Å². The van der Waals surface area contributed by atoms with Crippen LogP contribution in [0.25, 0.3) is 21.5 Å². The zero-order chi connectivity index (χ0) is 22.6. The van der Waals surface area contributed by atoms with Crippen molar-refractivity contribution in [2.24, 2.45) is 0 Å². The molecule has 0 radical (unpaired) electrons. The highest BCUT2D eigenvalue weighted by molar-refractivity contribution is 6.01. The Hall–Kier alpha value is -3.21. The number of aliphatic carboxylic acids is 2. The molecular formula is C20H15F3O7. The summed E-state index contributed by atoms with van der Waals surface area (Å²) in [5.41, 5.74) is -8.58. The minimum atomic E-state index is -3.93. The highest BCUT2D eigenvalue weighted by Crippen LogP contribution is 2.43. The Balaban J connectivity index is 2.51. The summed E-state index contributed by atoms with van der Waals surface area (Å²) in [6.45, 7) is 0.484. The third kappa shape index (κ3) is 2.80. The van der Waals surface area contributed by atoms with Crippen molar-refractivity contribution in [1.82, 2.24) is 0 Å². The summed E-state index contributed by atoms with van der Waals surface area (Å²) in [5.74, 6) is -10.4. The molecule has 3 atom stereocenters. The van der Waals surface area contributed by atoms with E-state index in [4.69, 9.17) is 5.11 Å². The number of fused-ring (bicyclic) bond motifs is 2. The standard InChI is InChI=1S/C20H15F3O7/c1-19(29,20(30,18(27)28)16(24)17(25)26)12-10-6-8-4-2-3-5-9(8)7-11(10)13(21)15(23)14(12)22/h2-7,16,24,29-30H,1H3,(H,25,26)(H,27,28). The quantitative estimate of drug-likeness (QED) is 0.312. The maximum atomic E-state index is 14.8. The molecule has 5 N–H and O–H groups in total. The first-order chi connectivity index (χ1) is 13.9. The molecule has 0 heterocycles. The van der Waals surface area contributed by atoms with E-state index in [1.807, 2.05) is 0 Å². The van der Waals surface area contributed by atoms with Crippen LogP contribution in [0.3, 0.4) is 0 Å². The lowest BCUT2D eigenvalue weighted by atomic mass is 9.73. The van der Waals surface area contributed by atoms with Gasteiger partial charge in [0, 0.05) is 10.9 Å². The number of benzene rings is 3. The number of aliphatic hydroxyl groups is 3. The second kappa shape index (κ2) is 6.94. The van der Waals surface area contributed by atoms with E-state index in [0.29, 0.717) is 17.7 Å². The molecule has 0 aliphatic rings. The fourth-order valence-corrected chi connectivity index (χ4v) is 3.51. The summed E-state index contributed by atoms with van der Waals surface area (Å²) < 4.78 is 43.6. The molecular weight excluding hydrogens is 409 g/mol. The fourth-order valence-electron chi connectivity index (χ4n) is 3.51. The molecule has 3 aromatic carbocycles. The molecule has 158 valence electrons. The number of aliphatic hydroxyl groups excluding tert-OH is 1. The van der Waals surface area contributed by atoms with E-state index >= 15 is 0 Å². The third-order valence-corrected chi connectivity index (χ3v) is 5.18. The molecule has 0 spiro atoms. The summed E-state index contributed by atoms with van der Waals surface area (Å²) >= 11 is 0. The lowest BCUT2D eigenvalue weighted by molar-refractivity contribution is -0.223. The van der Waals surface area contributed by atoms with Crippen molar-refractivity contribution in [2.45, 2.75) is 24.2 Å². The maximum Gasteiger partial charge on any atom is 0.342 e. The van der Waals surface area contributed by atoms with Crippen molar-refractivity contribution >= 4 is 33.5 Å². The van der Waals surface area contributed by atoms with Crippen molar-refractivity contribution in [1.29, 1.82) is 0 Å². The van der Waals surface area contributed by atoms with Crippen LogP contribution >= 0.6 is 0 Å². The van der Waals surface area contributed by atoms with Gasteiger partial charge in [-0.2, -0.15) is 0 Å². The first-order valence-corrected chi connectivity index (χ1v) is 8.44. The number of carbonyl (C=O) groups is 2. The van der Waals surface area contributed by atoms with E-state index in [1.54, 1.807) is 12.1 Å². The van der Waals surface area contributed by atoms with Crippen LogP contribution in [0.2, 0.25) is 0 Å². The molecule has 10 heteroatoms. The predicted molar refractivity (Wildman–Crippen MR) is 97.1 cm³/mol. The van der Waals surface area contributed by atoms with Gasteiger partial charge in [0.2, 0.25) is 5.60 Å². The zero-order valence-corrected chi connectivity index (χ0v) is 15.2. The first kappa shape index (κ1) is 21.5. The lowest BCUT2D eigenvalue weighted by Gasteiger charge is -2.40. The van der Waals surface area contributed by atoms with Gasteiger partial charge in [-0.1, -0.05) is 24.3 Å². The van der Waals surface area contributed by atoms with Crippen molar-refractivity contribution in [3.63, 3.8) is 0 Å². The summed E-state index contributed by atoms with van der Waals surface area (Å²) in [4.78, 5) is 22.8. The van der Waals surface area contributed by atoms with Crippen LogP contribution in [0, 0.1) is 17.5 Å². The van der Waals surface area contributed by atoms with E-state index < -0.39 is 63.0 Å². The number of carboxylic acids is 2. The van der Waals surface area contributed by atoms with Gasteiger partial charge in [-0.15, -0.1) is 0 Å². The van der Waals surface area contributed by atoms with Gasteiger partial charge in [0.1, 0.15) is 5.60 Å². The number of rotatable bonds is 5. The summed E-state index contributed by atoms with van der Waals surface area (Å²) in [6, 6.07) is 8.46. The van der Waals surface area contributed by atoms with Gasteiger partial charge in [0.05, 0.1) is 0 Å². The number of hydrogen-bond acceptors (Lipinski definition) is 5. The molecule has 0 aliphatic carbocycles. The van der Waals surface area contributed by atoms with Crippen LogP contribution in [-0.2, 0) is 15.2 Å². The van der Waals surface area contributed by atoms with Crippen molar-refractivity contribution < 1.29 is 48.3 Å². The molecule has 0 fully saturated rings. The number of halogens is 3. The Morgan fingerprint density at radius 1 is 0.900 bits per heavy atom. The zero-order valence-electron chi connectivity index (χ0n) is 15.2. The molecule has 3 unspecified atom stereocenters. The number of carboxylic acid groups (broad SMARTS) is 2. The Morgan fingerprint density at radius 3 is 1.87 bits per heavy atom. The van der Waals surface area contributed by atoms with Crippen LogP contribution in [-0.4, -0.2) is 49.2 Å². The van der Waals surface area contributed by atoms with Gasteiger partial charge in [-0.3, -0.25) is 0 Å². The van der Waals surface area contributed by atoms with Crippen LogP contribution < -0.4 is 0 Å². The van der Waals surface area contributed by atoms with Crippen molar-refractivity contribution in [2.75, 3.05) is 0 Å². The van der Waals surface area contributed by atoms with E-state index in [-0.39, 0.29) is 0 Å². The van der Waals surface area contributed by atoms with Crippen LogP contribution in [0.1, 0.15) is 12.5 Å². The normalized spacial score (nSPS) is 16.8. The van der Waals surface area contributed by atoms with E-state index in [9.17, 15) is 43.2 Å². The van der Waals surface area contributed by atoms with Crippen LogP contribution in [0.5, 0.6) is 0 Å².